The largest absolute Gasteiger partial charge is 0.368 e. The van der Waals surface area contributed by atoms with Crippen molar-refractivity contribution in [1.82, 2.24) is 19.9 Å². The second kappa shape index (κ2) is 7.08. The number of benzene rings is 2. The number of aromatic nitrogens is 4. The van der Waals surface area contributed by atoms with Gasteiger partial charge in [-0.2, -0.15) is 15.0 Å². The lowest BCUT2D eigenvalue weighted by Crippen LogP contribution is -2.11. The third-order valence-electron chi connectivity index (χ3n) is 4.07. The number of carbonyl (C=O) groups excluding carboxylic acids is 1. The van der Waals surface area contributed by atoms with Crippen LogP contribution in [0.25, 0.3) is 10.9 Å². The molecule has 2 aromatic heterocycles. The van der Waals surface area contributed by atoms with Crippen molar-refractivity contribution in [1.29, 1.82) is 0 Å². The molecule has 1 atom stereocenters. The summed E-state index contributed by atoms with van der Waals surface area (Å²) >= 11 is 1.20. The highest BCUT2D eigenvalue weighted by Crippen LogP contribution is 2.37. The van der Waals surface area contributed by atoms with Crippen molar-refractivity contribution in [2.75, 3.05) is 11.5 Å². The molecule has 8 heteroatoms. The Hall–Kier alpha value is -3.39. The molecular weight excluding hydrogens is 360 g/mol. The van der Waals surface area contributed by atoms with E-state index in [9.17, 15) is 4.79 Å². The van der Waals surface area contributed by atoms with Crippen LogP contribution < -0.4 is 11.5 Å². The number of nitrogens with zero attached hydrogens (tertiary/aromatic N) is 3. The lowest BCUT2D eigenvalue weighted by Gasteiger charge is -2.15. The summed E-state index contributed by atoms with van der Waals surface area (Å²) < 4.78 is 0. The number of para-hydroxylation sites is 1. The molecule has 4 aromatic rings. The van der Waals surface area contributed by atoms with Crippen LogP contribution in [0.4, 0.5) is 11.9 Å². The van der Waals surface area contributed by atoms with E-state index >= 15 is 0 Å². The van der Waals surface area contributed by atoms with Gasteiger partial charge in [-0.1, -0.05) is 60.3 Å². The maximum absolute atomic E-state index is 13.4. The highest BCUT2D eigenvalue weighted by Gasteiger charge is 2.27. The molecule has 2 aromatic carbocycles. The molecule has 0 spiro atoms. The quantitative estimate of drug-likeness (QED) is 0.361. The van der Waals surface area contributed by atoms with Gasteiger partial charge in [-0.3, -0.25) is 4.79 Å². The Balaban J connectivity index is 1.77. The summed E-state index contributed by atoms with van der Waals surface area (Å²) in [7, 11) is 0. The number of thioether (sulfide) groups is 1. The van der Waals surface area contributed by atoms with Gasteiger partial charge in [-0.05, 0) is 11.6 Å². The minimum atomic E-state index is -0.549. The van der Waals surface area contributed by atoms with Crippen LogP contribution in [0.15, 0.2) is 66.0 Å². The van der Waals surface area contributed by atoms with E-state index in [0.29, 0.717) is 10.7 Å². The van der Waals surface area contributed by atoms with Crippen molar-refractivity contribution in [2.45, 2.75) is 10.4 Å². The lowest BCUT2D eigenvalue weighted by molar-refractivity contribution is 0.0991. The molecule has 0 aliphatic heterocycles. The summed E-state index contributed by atoms with van der Waals surface area (Å²) in [5.41, 5.74) is 13.7. The highest BCUT2D eigenvalue weighted by molar-refractivity contribution is 8.00. The maximum Gasteiger partial charge on any atom is 0.225 e. The van der Waals surface area contributed by atoms with Gasteiger partial charge < -0.3 is 16.5 Å². The number of Topliss-reactive ketones (excluding diaryl/α,β-unsaturated/α-hetero) is 1. The fourth-order valence-corrected chi connectivity index (χ4v) is 3.89. The Morgan fingerprint density at radius 1 is 0.926 bits per heavy atom. The summed E-state index contributed by atoms with van der Waals surface area (Å²) in [5, 5.41) is 0.632. The maximum atomic E-state index is 13.4. The number of carbonyl (C=O) groups is 1. The average Bonchev–Trinajstić information content (AvgIpc) is 3.10. The number of nitrogen functional groups attached to an aromatic ring is 2. The molecule has 0 aliphatic rings. The number of fused-ring (bicyclic) bond motifs is 1. The first-order valence-corrected chi connectivity index (χ1v) is 9.09. The van der Waals surface area contributed by atoms with Gasteiger partial charge in [0.1, 0.15) is 5.25 Å². The van der Waals surface area contributed by atoms with Crippen LogP contribution in [0, 0.1) is 0 Å². The summed E-state index contributed by atoms with van der Waals surface area (Å²) in [6.07, 6.45) is 1.74. The molecule has 0 bridgehead atoms. The van der Waals surface area contributed by atoms with Crippen molar-refractivity contribution in [3.05, 3.63) is 71.9 Å². The van der Waals surface area contributed by atoms with Crippen molar-refractivity contribution < 1.29 is 4.79 Å². The Bertz CT molecular complexity index is 1090. The number of nitrogens with two attached hydrogens (primary N) is 2. The Morgan fingerprint density at radius 3 is 2.33 bits per heavy atom. The van der Waals surface area contributed by atoms with Gasteiger partial charge in [0.25, 0.3) is 0 Å². The zero-order valence-corrected chi connectivity index (χ0v) is 15.0. The smallest absolute Gasteiger partial charge is 0.225 e. The number of anilines is 2. The fraction of sp³-hybridized carbons (Fsp3) is 0.0526. The normalized spacial score (nSPS) is 12.1. The van der Waals surface area contributed by atoms with E-state index < -0.39 is 5.25 Å². The van der Waals surface area contributed by atoms with E-state index in [2.05, 4.69) is 19.9 Å². The van der Waals surface area contributed by atoms with E-state index in [0.717, 1.165) is 16.5 Å². The predicted molar refractivity (Wildman–Crippen MR) is 106 cm³/mol. The van der Waals surface area contributed by atoms with Gasteiger partial charge in [0, 0.05) is 22.7 Å². The van der Waals surface area contributed by atoms with Crippen LogP contribution in [0.2, 0.25) is 0 Å². The summed E-state index contributed by atoms with van der Waals surface area (Å²) in [6.45, 7) is 0. The Labute approximate surface area is 159 Å². The molecule has 4 rings (SSSR count). The van der Waals surface area contributed by atoms with Gasteiger partial charge in [-0.15, -0.1) is 0 Å². The summed E-state index contributed by atoms with van der Waals surface area (Å²) in [4.78, 5) is 28.6. The minimum Gasteiger partial charge on any atom is -0.368 e. The predicted octanol–water partition coefficient (Wildman–Crippen LogP) is 3.23. The fourth-order valence-electron chi connectivity index (χ4n) is 2.86. The topological polar surface area (TPSA) is 124 Å². The first kappa shape index (κ1) is 17.0. The SMILES string of the molecule is Nc1nc(N)nc(S[C@H](C(=O)c2c[nH]c3ccccc23)c2ccccc2)n1. The molecule has 0 unspecified atom stereocenters. The summed E-state index contributed by atoms with van der Waals surface area (Å²) in [6, 6.07) is 17.2. The molecule has 0 aliphatic carbocycles. The molecule has 27 heavy (non-hydrogen) atoms. The number of hydrogen-bond acceptors (Lipinski definition) is 7. The van der Waals surface area contributed by atoms with E-state index in [-0.39, 0.29) is 17.7 Å². The van der Waals surface area contributed by atoms with Crippen LogP contribution >= 0.6 is 11.8 Å². The number of aromatic amines is 1. The van der Waals surface area contributed by atoms with Crippen molar-refractivity contribution in [3.8, 4) is 0 Å². The standard InChI is InChI=1S/C19H16N6OS/c20-17-23-18(21)25-19(24-17)27-16(11-6-2-1-3-7-11)15(26)13-10-22-14-9-5-4-8-12(13)14/h1-10,16,22H,(H4,20,21,23,24,25)/t16-/m0/s1. The monoisotopic (exact) mass is 376 g/mol. The summed E-state index contributed by atoms with van der Waals surface area (Å²) in [5.74, 6) is -0.00563. The second-order valence-electron chi connectivity index (χ2n) is 5.86. The molecule has 0 amide bonds. The second-order valence-corrected chi connectivity index (χ2v) is 6.93. The van der Waals surface area contributed by atoms with Gasteiger partial charge in [0.05, 0.1) is 0 Å². The van der Waals surface area contributed by atoms with Crippen LogP contribution in [0.3, 0.4) is 0 Å². The van der Waals surface area contributed by atoms with Crippen molar-refractivity contribution in [2.24, 2.45) is 0 Å². The van der Waals surface area contributed by atoms with Gasteiger partial charge >= 0.3 is 0 Å². The molecule has 0 saturated carbocycles. The van der Waals surface area contributed by atoms with Gasteiger partial charge in [0.2, 0.25) is 11.9 Å². The van der Waals surface area contributed by atoms with Crippen LogP contribution in [-0.2, 0) is 0 Å². The van der Waals surface area contributed by atoms with Gasteiger partial charge in [0.15, 0.2) is 10.9 Å². The van der Waals surface area contributed by atoms with Crippen LogP contribution in [-0.4, -0.2) is 25.7 Å². The lowest BCUT2D eigenvalue weighted by atomic mass is 10.0. The Morgan fingerprint density at radius 2 is 1.59 bits per heavy atom. The average molecular weight is 376 g/mol. The zero-order chi connectivity index (χ0) is 18.8. The van der Waals surface area contributed by atoms with E-state index in [4.69, 9.17) is 11.5 Å². The van der Waals surface area contributed by atoms with Gasteiger partial charge in [-0.25, -0.2) is 0 Å². The third-order valence-corrected chi connectivity index (χ3v) is 5.18. The zero-order valence-electron chi connectivity index (χ0n) is 14.2. The minimum absolute atomic E-state index is 0.0244. The molecule has 7 nitrogen and oxygen atoms in total. The van der Waals surface area contributed by atoms with Crippen molar-refractivity contribution in [3.63, 3.8) is 0 Å². The Kier molecular flexibility index (Phi) is 4.47. The first-order valence-electron chi connectivity index (χ1n) is 8.21. The first-order chi connectivity index (χ1) is 13.1. The number of hydrogen-bond donors (Lipinski definition) is 3. The molecular formula is C19H16N6OS. The molecule has 134 valence electrons. The third kappa shape index (κ3) is 3.47. The molecule has 5 N–H and O–H groups in total. The number of rotatable bonds is 5. The molecule has 0 radical (unpaired) electrons. The van der Waals surface area contributed by atoms with Crippen LogP contribution in [0.1, 0.15) is 21.2 Å². The van der Waals surface area contributed by atoms with E-state index in [1.54, 1.807) is 6.20 Å². The molecule has 2 heterocycles. The molecule has 0 saturated heterocycles. The number of ketones is 1. The van der Waals surface area contributed by atoms with E-state index in [1.165, 1.54) is 11.8 Å². The van der Waals surface area contributed by atoms with Crippen LogP contribution in [0.5, 0.6) is 0 Å². The van der Waals surface area contributed by atoms with E-state index in [1.807, 2.05) is 54.6 Å². The number of nitrogens with one attached hydrogen (secondary N) is 1. The number of H-pyrrole nitrogens is 1. The van der Waals surface area contributed by atoms with Crippen molar-refractivity contribution >= 4 is 40.3 Å². The molecule has 0 fully saturated rings. The highest BCUT2D eigenvalue weighted by atomic mass is 32.2.